The lowest BCUT2D eigenvalue weighted by Crippen LogP contribution is -2.33. The maximum Gasteiger partial charge on any atom is 0.322 e. The van der Waals surface area contributed by atoms with E-state index in [-0.39, 0.29) is 23.0 Å². The van der Waals surface area contributed by atoms with Crippen molar-refractivity contribution in [2.24, 2.45) is 0 Å². The fourth-order valence-electron chi connectivity index (χ4n) is 2.44. The Hall–Kier alpha value is -2.45. The maximum absolute atomic E-state index is 12.4. The average Bonchev–Trinajstić information content (AvgIpc) is 3.45. The number of urea groups is 1. The number of sulfonamides is 1. The molecule has 1 atom stereocenters. The minimum atomic E-state index is -3.49. The van der Waals surface area contributed by atoms with E-state index >= 15 is 0 Å². The predicted molar refractivity (Wildman–Crippen MR) is 99.2 cm³/mol. The van der Waals surface area contributed by atoms with Gasteiger partial charge in [0, 0.05) is 31.2 Å². The van der Waals surface area contributed by atoms with Gasteiger partial charge < -0.3 is 10.2 Å². The summed E-state index contributed by atoms with van der Waals surface area (Å²) in [6, 6.07) is 9.51. The number of rotatable bonds is 6. The van der Waals surface area contributed by atoms with E-state index in [2.05, 4.69) is 15.0 Å². The molecule has 0 spiro atoms. The molecule has 1 heterocycles. The van der Waals surface area contributed by atoms with Crippen molar-refractivity contribution in [3.05, 3.63) is 54.4 Å². The fraction of sp³-hybridized carbons (Fsp3) is 0.333. The minimum absolute atomic E-state index is 0.0574. The first-order valence-corrected chi connectivity index (χ1v) is 9.91. The highest BCUT2D eigenvalue weighted by Crippen LogP contribution is 2.23. The van der Waals surface area contributed by atoms with Crippen molar-refractivity contribution in [3.8, 4) is 0 Å². The number of pyridine rings is 1. The normalized spacial score (nSPS) is 15.3. The van der Waals surface area contributed by atoms with E-state index in [1.54, 1.807) is 36.5 Å². The molecule has 0 unspecified atom stereocenters. The Kier molecular flexibility index (Phi) is 5.24. The SMILES string of the molecule is C[C@H](c1cccnc1)N(C)C(=O)Nc1ccc(S(=O)(=O)NC2CC2)cc1. The number of carbonyl (C=O) groups excluding carboxylic acids is 1. The number of aromatic nitrogens is 1. The van der Waals surface area contributed by atoms with E-state index in [0.29, 0.717) is 5.69 Å². The van der Waals surface area contributed by atoms with Crippen LogP contribution in [0.3, 0.4) is 0 Å². The van der Waals surface area contributed by atoms with Crippen LogP contribution in [0, 0.1) is 0 Å². The lowest BCUT2D eigenvalue weighted by atomic mass is 10.1. The van der Waals surface area contributed by atoms with Crippen LogP contribution in [0.2, 0.25) is 0 Å². The summed E-state index contributed by atoms with van der Waals surface area (Å²) >= 11 is 0. The molecule has 1 aromatic carbocycles. The number of nitrogens with one attached hydrogen (secondary N) is 2. The molecule has 1 aliphatic rings. The summed E-state index contributed by atoms with van der Waals surface area (Å²) < 4.78 is 26.9. The van der Waals surface area contributed by atoms with Gasteiger partial charge in [0.05, 0.1) is 10.9 Å². The van der Waals surface area contributed by atoms with Crippen molar-refractivity contribution in [3.63, 3.8) is 0 Å². The Balaban J connectivity index is 1.64. The van der Waals surface area contributed by atoms with Gasteiger partial charge in [-0.3, -0.25) is 4.98 Å². The first kappa shape index (κ1) is 18.3. The van der Waals surface area contributed by atoms with Gasteiger partial charge in [-0.1, -0.05) is 6.07 Å². The highest BCUT2D eigenvalue weighted by molar-refractivity contribution is 7.89. The number of nitrogens with zero attached hydrogens (tertiary/aromatic N) is 2. The summed E-state index contributed by atoms with van der Waals surface area (Å²) in [5.41, 5.74) is 1.46. The molecule has 0 radical (unpaired) electrons. The molecular formula is C18H22N4O3S. The van der Waals surface area contributed by atoms with E-state index in [0.717, 1.165) is 18.4 Å². The molecule has 0 bridgehead atoms. The number of benzene rings is 1. The average molecular weight is 374 g/mol. The second kappa shape index (κ2) is 7.43. The largest absolute Gasteiger partial charge is 0.322 e. The summed E-state index contributed by atoms with van der Waals surface area (Å²) in [4.78, 5) is 18.3. The molecule has 0 saturated heterocycles. The zero-order chi connectivity index (χ0) is 18.7. The van der Waals surface area contributed by atoms with Crippen molar-refractivity contribution < 1.29 is 13.2 Å². The van der Waals surface area contributed by atoms with E-state index in [1.807, 2.05) is 19.1 Å². The lowest BCUT2D eigenvalue weighted by molar-refractivity contribution is 0.208. The third kappa shape index (κ3) is 4.39. The molecule has 2 amide bonds. The Morgan fingerprint density at radius 2 is 1.92 bits per heavy atom. The van der Waals surface area contributed by atoms with E-state index in [1.165, 1.54) is 12.1 Å². The van der Waals surface area contributed by atoms with Crippen LogP contribution in [-0.4, -0.2) is 37.4 Å². The van der Waals surface area contributed by atoms with Crippen molar-refractivity contribution >= 4 is 21.7 Å². The first-order chi connectivity index (χ1) is 12.4. The number of anilines is 1. The molecule has 1 aliphatic carbocycles. The molecule has 2 N–H and O–H groups in total. The van der Waals surface area contributed by atoms with Crippen LogP contribution in [0.15, 0.2) is 53.7 Å². The number of carbonyl (C=O) groups is 1. The van der Waals surface area contributed by atoms with Gasteiger partial charge in [0.1, 0.15) is 0 Å². The number of hydrogen-bond acceptors (Lipinski definition) is 4. The van der Waals surface area contributed by atoms with Crippen LogP contribution >= 0.6 is 0 Å². The van der Waals surface area contributed by atoms with Crippen molar-refractivity contribution in [2.75, 3.05) is 12.4 Å². The van der Waals surface area contributed by atoms with Gasteiger partial charge in [0.25, 0.3) is 0 Å². The molecule has 2 aromatic rings. The molecule has 138 valence electrons. The number of amides is 2. The van der Waals surface area contributed by atoms with Crippen LogP contribution < -0.4 is 10.0 Å². The van der Waals surface area contributed by atoms with Gasteiger partial charge in [0.15, 0.2) is 0 Å². The quantitative estimate of drug-likeness (QED) is 0.813. The Morgan fingerprint density at radius 1 is 1.23 bits per heavy atom. The molecule has 1 fully saturated rings. The van der Waals surface area contributed by atoms with Crippen LogP contribution in [0.1, 0.15) is 31.4 Å². The lowest BCUT2D eigenvalue weighted by Gasteiger charge is -2.25. The van der Waals surface area contributed by atoms with Crippen molar-refractivity contribution in [1.29, 1.82) is 0 Å². The van der Waals surface area contributed by atoms with Gasteiger partial charge in [0.2, 0.25) is 10.0 Å². The van der Waals surface area contributed by atoms with Crippen LogP contribution in [-0.2, 0) is 10.0 Å². The van der Waals surface area contributed by atoms with Gasteiger partial charge >= 0.3 is 6.03 Å². The monoisotopic (exact) mass is 374 g/mol. The third-order valence-electron chi connectivity index (χ3n) is 4.38. The summed E-state index contributed by atoms with van der Waals surface area (Å²) in [5.74, 6) is 0. The smallest absolute Gasteiger partial charge is 0.321 e. The summed E-state index contributed by atoms with van der Waals surface area (Å²) in [7, 11) is -1.79. The number of hydrogen-bond donors (Lipinski definition) is 2. The van der Waals surface area contributed by atoms with Gasteiger partial charge in [-0.05, 0) is 55.7 Å². The second-order valence-corrected chi connectivity index (χ2v) is 8.14. The molecule has 0 aliphatic heterocycles. The Morgan fingerprint density at radius 3 is 2.50 bits per heavy atom. The van der Waals surface area contributed by atoms with Crippen LogP contribution in [0.25, 0.3) is 0 Å². The fourth-order valence-corrected chi connectivity index (χ4v) is 3.75. The summed E-state index contributed by atoms with van der Waals surface area (Å²) in [5, 5.41) is 2.78. The molecule has 1 saturated carbocycles. The Labute approximate surface area is 153 Å². The highest BCUT2D eigenvalue weighted by atomic mass is 32.2. The molecule has 26 heavy (non-hydrogen) atoms. The van der Waals surface area contributed by atoms with Crippen LogP contribution in [0.4, 0.5) is 10.5 Å². The maximum atomic E-state index is 12.4. The molecule has 7 nitrogen and oxygen atoms in total. The van der Waals surface area contributed by atoms with E-state index in [4.69, 9.17) is 0 Å². The third-order valence-corrected chi connectivity index (χ3v) is 5.92. The molecule has 8 heteroatoms. The highest BCUT2D eigenvalue weighted by Gasteiger charge is 2.28. The molecule has 3 rings (SSSR count). The molecular weight excluding hydrogens is 352 g/mol. The zero-order valence-electron chi connectivity index (χ0n) is 14.7. The van der Waals surface area contributed by atoms with Gasteiger partial charge in [-0.15, -0.1) is 0 Å². The van der Waals surface area contributed by atoms with Crippen LogP contribution in [0.5, 0.6) is 0 Å². The van der Waals surface area contributed by atoms with Gasteiger partial charge in [-0.25, -0.2) is 17.9 Å². The van der Waals surface area contributed by atoms with Gasteiger partial charge in [-0.2, -0.15) is 0 Å². The second-order valence-electron chi connectivity index (χ2n) is 6.42. The van der Waals surface area contributed by atoms with E-state index in [9.17, 15) is 13.2 Å². The minimum Gasteiger partial charge on any atom is -0.321 e. The van der Waals surface area contributed by atoms with E-state index < -0.39 is 10.0 Å². The van der Waals surface area contributed by atoms with Crippen molar-refractivity contribution in [1.82, 2.24) is 14.6 Å². The van der Waals surface area contributed by atoms with Crippen molar-refractivity contribution in [2.45, 2.75) is 36.7 Å². The Bertz CT molecular complexity index is 865. The first-order valence-electron chi connectivity index (χ1n) is 8.43. The summed E-state index contributed by atoms with van der Waals surface area (Å²) in [6.07, 6.45) is 5.18. The standard InChI is InChI=1S/C18H22N4O3S/c1-13(14-4-3-11-19-12-14)22(2)18(23)20-15-7-9-17(10-8-15)26(24,25)21-16-5-6-16/h3-4,7-13,16,21H,5-6H2,1-2H3,(H,20,23)/t13-/m1/s1. The topological polar surface area (TPSA) is 91.4 Å². The molecule has 1 aromatic heterocycles. The summed E-state index contributed by atoms with van der Waals surface area (Å²) in [6.45, 7) is 1.91. The zero-order valence-corrected chi connectivity index (χ0v) is 15.5. The predicted octanol–water partition coefficient (Wildman–Crippen LogP) is 2.75.